The van der Waals surface area contributed by atoms with E-state index < -0.39 is 5.13 Å². The van der Waals surface area contributed by atoms with Gasteiger partial charge in [-0.3, -0.25) is 19.9 Å². The number of hydrogen-bond donors (Lipinski definition) is 5. The Balaban J connectivity index is 1.00. The number of H-pyrrole nitrogens is 4. The summed E-state index contributed by atoms with van der Waals surface area (Å²) in [5.74, 6) is 1.11. The van der Waals surface area contributed by atoms with Crippen LogP contribution in [-0.2, 0) is 11.2 Å². The molecule has 0 saturated heterocycles. The highest BCUT2D eigenvalue weighted by Gasteiger charge is 2.29. The first-order chi connectivity index (χ1) is 33.1. The summed E-state index contributed by atoms with van der Waals surface area (Å²) in [7, 11) is 0. The number of para-hydroxylation sites is 1. The van der Waals surface area contributed by atoms with Crippen molar-refractivity contribution in [2.24, 2.45) is 5.92 Å². The number of aromatic amines is 4. The number of carbonyl (C=O) groups is 1. The third kappa shape index (κ3) is 7.24. The zero-order valence-corrected chi connectivity index (χ0v) is 38.2. The Labute approximate surface area is 393 Å². The van der Waals surface area contributed by atoms with Crippen molar-refractivity contribution in [2.75, 3.05) is 5.32 Å². The van der Waals surface area contributed by atoms with Crippen LogP contribution in [0.3, 0.4) is 0 Å². The van der Waals surface area contributed by atoms with Gasteiger partial charge in [-0.25, -0.2) is 15.0 Å². The second kappa shape index (κ2) is 16.4. The van der Waals surface area contributed by atoms with Gasteiger partial charge >= 0.3 is 5.65 Å². The van der Waals surface area contributed by atoms with Crippen LogP contribution >= 0.6 is 22.7 Å². The maximum atomic E-state index is 16.1. The summed E-state index contributed by atoms with van der Waals surface area (Å²) in [5.41, 5.74) is 12.4. The molecule has 5 N–H and O–H groups in total. The molecule has 0 unspecified atom stereocenters. The van der Waals surface area contributed by atoms with Crippen LogP contribution in [-0.4, -0.2) is 61.2 Å². The van der Waals surface area contributed by atoms with E-state index in [9.17, 15) is 9.18 Å². The fourth-order valence-corrected chi connectivity index (χ4v) is 10.6. The Hall–Kier alpha value is -8.09. The number of rotatable bonds is 10. The molecule has 12 rings (SSSR count). The lowest BCUT2D eigenvalue weighted by molar-refractivity contribution is -0.567. The molecule has 10 aromatic heterocycles. The van der Waals surface area contributed by atoms with Gasteiger partial charge in [0.25, 0.3) is 0 Å². The largest absolute Gasteiger partial charge is 0.340 e. The van der Waals surface area contributed by atoms with Crippen LogP contribution in [0, 0.1) is 23.1 Å². The number of imidazole rings is 2. The number of nitrogens with zero attached hydrogens (tertiary/aromatic N) is 8. The van der Waals surface area contributed by atoms with E-state index in [2.05, 4.69) is 51.6 Å². The first-order valence-corrected chi connectivity index (χ1v) is 23.5. The number of benzene rings is 1. The SMILES string of the molecule is Cc1ccncc1-c1cnc2[nH]nc(-c3nc4c(-c5sc(F)cc5-[n+]5cc(-c6cncc(NC(=O)CC(C)C)c6)cc6c(-c7nc8c([nH]7)CCC=C8c7ccc(F)s7)n[nH]c65)cccc4[nH]3)c2c1. The van der Waals surface area contributed by atoms with E-state index in [1.165, 1.54) is 12.1 Å². The minimum absolute atomic E-state index is 0.113. The van der Waals surface area contributed by atoms with Gasteiger partial charge < -0.3 is 15.3 Å². The van der Waals surface area contributed by atoms with E-state index in [4.69, 9.17) is 15.1 Å². The minimum atomic E-state index is -0.407. The molecule has 11 aromatic rings. The van der Waals surface area contributed by atoms with Crippen LogP contribution in [0.1, 0.15) is 48.5 Å². The normalized spacial score (nSPS) is 12.7. The number of nitrogens with one attached hydrogen (secondary N) is 5. The fraction of sp³-hybridized carbons (Fsp3) is 0.140. The lowest BCUT2D eigenvalue weighted by atomic mass is 9.99. The Bertz CT molecular complexity index is 3830. The summed E-state index contributed by atoms with van der Waals surface area (Å²) >= 11 is 2.09. The highest BCUT2D eigenvalue weighted by molar-refractivity contribution is 7.14. The predicted molar refractivity (Wildman–Crippen MR) is 260 cm³/mol. The van der Waals surface area contributed by atoms with Gasteiger partial charge in [0, 0.05) is 81.2 Å². The average Bonchev–Trinajstić information content (AvgIpc) is 4.20. The van der Waals surface area contributed by atoms with Crippen molar-refractivity contribution in [3.63, 3.8) is 0 Å². The molecular formula is C50H38F2N13OS2+. The number of aromatic nitrogens is 12. The van der Waals surface area contributed by atoms with E-state index >= 15 is 4.39 Å². The van der Waals surface area contributed by atoms with Crippen LogP contribution in [0.25, 0.3) is 100 Å². The van der Waals surface area contributed by atoms with Gasteiger partial charge in [-0.15, -0.1) is 27.8 Å². The van der Waals surface area contributed by atoms with Gasteiger partial charge in [-0.2, -0.15) is 18.4 Å². The lowest BCUT2D eigenvalue weighted by Gasteiger charge is -2.10. The van der Waals surface area contributed by atoms with Gasteiger partial charge in [0.15, 0.2) is 38.9 Å². The Morgan fingerprint density at radius 3 is 2.53 bits per heavy atom. The molecule has 1 aliphatic carbocycles. The quantitative estimate of drug-likeness (QED) is 0.0838. The number of aryl methyl sites for hydroxylation is 2. The van der Waals surface area contributed by atoms with Crippen molar-refractivity contribution in [1.82, 2.24) is 55.3 Å². The first-order valence-electron chi connectivity index (χ1n) is 21.9. The molecule has 0 fully saturated rings. The van der Waals surface area contributed by atoms with Gasteiger partial charge in [-0.1, -0.05) is 37.2 Å². The highest BCUT2D eigenvalue weighted by Crippen LogP contribution is 2.41. The molecule has 334 valence electrons. The van der Waals surface area contributed by atoms with Crippen molar-refractivity contribution in [2.45, 2.75) is 40.0 Å². The number of halogens is 2. The molecule has 0 atom stereocenters. The second-order valence-corrected chi connectivity index (χ2v) is 19.2. The van der Waals surface area contributed by atoms with Crippen LogP contribution in [0.2, 0.25) is 0 Å². The predicted octanol–water partition coefficient (Wildman–Crippen LogP) is 10.9. The van der Waals surface area contributed by atoms with Crippen molar-refractivity contribution >= 4 is 72.9 Å². The zero-order chi connectivity index (χ0) is 46.2. The fourth-order valence-electron chi connectivity index (χ4n) is 8.94. The molecule has 0 aliphatic heterocycles. The molecule has 0 radical (unpaired) electrons. The summed E-state index contributed by atoms with van der Waals surface area (Å²) in [6.07, 6.45) is 14.6. The Kier molecular flexibility index (Phi) is 9.94. The van der Waals surface area contributed by atoms with Crippen molar-refractivity contribution in [1.29, 1.82) is 0 Å². The Morgan fingerprint density at radius 1 is 0.824 bits per heavy atom. The average molecular weight is 939 g/mol. The van der Waals surface area contributed by atoms with Gasteiger partial charge in [0.05, 0.1) is 38.9 Å². The van der Waals surface area contributed by atoms with E-state index in [-0.39, 0.29) is 17.0 Å². The van der Waals surface area contributed by atoms with E-state index in [0.717, 1.165) is 90.5 Å². The lowest BCUT2D eigenvalue weighted by Crippen LogP contribution is -2.32. The van der Waals surface area contributed by atoms with E-state index in [1.807, 2.05) is 80.2 Å². The van der Waals surface area contributed by atoms with Crippen LogP contribution in [0.15, 0.2) is 104 Å². The smallest absolute Gasteiger partial charge is 0.314 e. The monoisotopic (exact) mass is 938 g/mol. The second-order valence-electron chi connectivity index (χ2n) is 17.1. The molecule has 1 amide bonds. The molecule has 68 heavy (non-hydrogen) atoms. The molecule has 10 heterocycles. The van der Waals surface area contributed by atoms with Crippen molar-refractivity contribution in [3.05, 3.63) is 136 Å². The third-order valence-corrected chi connectivity index (χ3v) is 13.9. The van der Waals surface area contributed by atoms with Crippen LogP contribution in [0.5, 0.6) is 0 Å². The molecule has 0 bridgehead atoms. The summed E-state index contributed by atoms with van der Waals surface area (Å²) < 4.78 is 32.2. The van der Waals surface area contributed by atoms with E-state index in [0.29, 0.717) is 79.0 Å². The molecule has 1 aromatic carbocycles. The number of fused-ring (bicyclic) bond motifs is 4. The molecular weight excluding hydrogens is 901 g/mol. The highest BCUT2D eigenvalue weighted by atomic mass is 32.1. The maximum Gasteiger partial charge on any atom is 0.314 e. The topological polar surface area (TPSA) is 186 Å². The summed E-state index contributed by atoms with van der Waals surface area (Å²) in [6, 6.07) is 18.4. The van der Waals surface area contributed by atoms with Crippen molar-refractivity contribution in [3.8, 4) is 61.4 Å². The molecule has 0 saturated carbocycles. The molecule has 18 heteroatoms. The van der Waals surface area contributed by atoms with Gasteiger partial charge in [0.2, 0.25) is 5.91 Å². The van der Waals surface area contributed by atoms with Crippen LogP contribution in [0.4, 0.5) is 14.5 Å². The van der Waals surface area contributed by atoms with Gasteiger partial charge in [0.1, 0.15) is 17.3 Å². The zero-order valence-electron chi connectivity index (χ0n) is 36.6. The summed E-state index contributed by atoms with van der Waals surface area (Å²) in [6.45, 7) is 6.02. The number of hydrogen-bond acceptors (Lipinski definition) is 10. The minimum Gasteiger partial charge on any atom is -0.340 e. The summed E-state index contributed by atoms with van der Waals surface area (Å²) in [5, 5.41) is 19.6. The number of anilines is 1. The van der Waals surface area contributed by atoms with Crippen LogP contribution < -0.4 is 9.88 Å². The maximum absolute atomic E-state index is 16.1. The first kappa shape index (κ1) is 41.3. The molecule has 0 spiro atoms. The van der Waals surface area contributed by atoms with Gasteiger partial charge in [-0.05, 0) is 73.7 Å². The molecule has 14 nitrogen and oxygen atoms in total. The summed E-state index contributed by atoms with van der Waals surface area (Å²) in [4.78, 5) is 45.0. The number of thiophene rings is 2. The number of allylic oxidation sites excluding steroid dienone is 1. The van der Waals surface area contributed by atoms with E-state index in [1.54, 1.807) is 30.9 Å². The Morgan fingerprint density at radius 2 is 1.68 bits per heavy atom. The standard InChI is InChI=1S/C50H37F2N13OS2/c1-24(2)14-41(66)56-29-15-26(19-54-21-29)28-17-33-45(49-57-35-8-4-6-30(42(35)59-49)38-10-11-39(51)67-38)62-64-50(33)65(23-28)37-18-40(52)68-46(37)31-7-5-9-36-43(31)60-48(58-36)44-32-16-27(20-55-47(32)63-61-44)34-22-53-13-12-25(34)3/h5-7,9-13,15-24H,4,8,14H2,1-3H3,(H4,55,56,57,58,59,60,61,62,63,66)/p+1. The number of pyridine rings is 4. The van der Waals surface area contributed by atoms with Crippen molar-refractivity contribution < 1.29 is 18.1 Å². The number of carbonyl (C=O) groups excluding carboxylic acids is 1. The number of amides is 1. The molecule has 1 aliphatic rings. The third-order valence-electron chi connectivity index (χ3n) is 12.1.